The first-order valence-corrected chi connectivity index (χ1v) is 22.5. The molecule has 0 saturated carbocycles. The van der Waals surface area contributed by atoms with E-state index in [1.165, 1.54) is 0 Å². The van der Waals surface area contributed by atoms with Crippen LogP contribution in [0.4, 0.5) is 0 Å². The van der Waals surface area contributed by atoms with Gasteiger partial charge in [0.25, 0.3) is 0 Å². The van der Waals surface area contributed by atoms with Crippen molar-refractivity contribution in [1.82, 2.24) is 0 Å². The molecule has 0 unspecified atom stereocenters. The van der Waals surface area contributed by atoms with E-state index in [1.807, 2.05) is 30.3 Å². The van der Waals surface area contributed by atoms with E-state index in [4.69, 9.17) is 141 Å². The molecule has 11 aromatic rings. The lowest BCUT2D eigenvalue weighted by atomic mass is 9.58. The van der Waals surface area contributed by atoms with Gasteiger partial charge >= 0.3 is 0 Å². The van der Waals surface area contributed by atoms with Gasteiger partial charge in [0.15, 0.2) is 0 Å². The van der Waals surface area contributed by atoms with Crippen LogP contribution in [-0.4, -0.2) is 141 Å². The van der Waals surface area contributed by atoms with Crippen molar-refractivity contribution in [3.8, 4) is 44.5 Å². The average molecular weight is 847 g/mol. The summed E-state index contributed by atoms with van der Waals surface area (Å²) in [5.41, 5.74) is 11.9. The highest BCUT2D eigenvalue weighted by atomic mass is 14.4. The van der Waals surface area contributed by atoms with Gasteiger partial charge in [0.1, 0.15) is 141 Å². The molecule has 18 heteroatoms. The Morgan fingerprint density at radius 1 is 0.225 bits per heavy atom. The Labute approximate surface area is 437 Å². The third-order valence-electron chi connectivity index (χ3n) is 15.7. The van der Waals surface area contributed by atoms with Gasteiger partial charge in [-0.15, -0.1) is 10.9 Å². The second-order valence-electron chi connectivity index (χ2n) is 19.4. The van der Waals surface area contributed by atoms with Gasteiger partial charge in [0, 0.05) is 5.41 Å². The van der Waals surface area contributed by atoms with Crippen molar-refractivity contribution >= 4 is 304 Å². The molecule has 0 spiro atoms. The highest BCUT2D eigenvalue weighted by Crippen LogP contribution is 2.51. The fraction of sp³-hybridized carbons (Fsp3) is 0.0566. The Morgan fingerprint density at radius 3 is 0.831 bits per heavy atom. The largest absolute Gasteiger partial charge is 0.113 e. The fourth-order valence-corrected chi connectivity index (χ4v) is 12.0. The fourth-order valence-electron chi connectivity index (χ4n) is 12.0. The molecule has 0 N–H and O–H groups in total. The number of hydrogen-bond acceptors (Lipinski definition) is 0. The molecule has 0 bridgehead atoms. The van der Waals surface area contributed by atoms with Crippen molar-refractivity contribution < 1.29 is 0 Å². The van der Waals surface area contributed by atoms with Crippen LogP contribution in [0.15, 0.2) is 60.7 Å². The molecule has 12 rings (SSSR count). The van der Waals surface area contributed by atoms with Crippen LogP contribution in [0.2, 0.25) is 0 Å². The van der Waals surface area contributed by atoms with E-state index < -0.39 is 5.41 Å². The Kier molecular flexibility index (Phi) is 10.1. The standard InChI is InChI=1S/C53H16B18/c1-53(2)19-11-15(13-3-5-14(6-4-13)21-27-23-25-31(41(60)37(27)56)47(66)51(70)49(68)33(25)45(64)43(62)29(23)39(58)35(21)54)7-9-17(19)18-10-8-16(12-20(18)53)22-28-24-26-32(42(61)38(28)57)48(67)52(71)50(69)34(26)46(65)44(63)30(24)40(59)36(22)55/h3-12H,1-2H3. The predicted molar refractivity (Wildman–Crippen MR) is 325 cm³/mol. The highest BCUT2D eigenvalue weighted by Gasteiger charge is 2.37. The van der Waals surface area contributed by atoms with Gasteiger partial charge in [0.05, 0.1) is 0 Å². The van der Waals surface area contributed by atoms with Crippen LogP contribution >= 0.6 is 0 Å². The Hall–Kier alpha value is -5.33. The zero-order valence-electron chi connectivity index (χ0n) is 38.7. The van der Waals surface area contributed by atoms with E-state index in [0.717, 1.165) is 44.5 Å². The zero-order valence-corrected chi connectivity index (χ0v) is 38.7. The number of hydrogen-bond donors (Lipinski definition) is 0. The number of fused-ring (bicyclic) bond motifs is 3. The summed E-state index contributed by atoms with van der Waals surface area (Å²) in [6.07, 6.45) is 0. The topological polar surface area (TPSA) is 0 Å². The van der Waals surface area contributed by atoms with Gasteiger partial charge in [-0.05, 0) is 132 Å². The van der Waals surface area contributed by atoms with Gasteiger partial charge in [-0.3, -0.25) is 0 Å². The lowest BCUT2D eigenvalue weighted by Gasteiger charge is -2.30. The van der Waals surface area contributed by atoms with Crippen LogP contribution in [0.5, 0.6) is 0 Å². The first kappa shape index (κ1) is 46.7. The van der Waals surface area contributed by atoms with E-state index in [1.54, 1.807) is 0 Å². The van der Waals surface area contributed by atoms with Crippen molar-refractivity contribution in [3.63, 3.8) is 0 Å². The molecule has 0 nitrogen and oxygen atoms in total. The van der Waals surface area contributed by atoms with Gasteiger partial charge in [-0.2, -0.15) is 0 Å². The van der Waals surface area contributed by atoms with E-state index in [9.17, 15) is 0 Å². The molecule has 1 aliphatic rings. The third-order valence-corrected chi connectivity index (χ3v) is 15.7. The Morgan fingerprint density at radius 2 is 0.465 bits per heavy atom. The third kappa shape index (κ3) is 5.72. The molecule has 36 radical (unpaired) electrons. The summed E-state index contributed by atoms with van der Waals surface area (Å²) in [6, 6.07) is 20.7. The van der Waals surface area contributed by atoms with Crippen LogP contribution in [0.25, 0.3) is 109 Å². The van der Waals surface area contributed by atoms with Crippen molar-refractivity contribution in [2.75, 3.05) is 0 Å². The van der Waals surface area contributed by atoms with Crippen LogP contribution in [0, 0.1) is 0 Å². The molecule has 0 amide bonds. The summed E-state index contributed by atoms with van der Waals surface area (Å²) < 4.78 is 0. The van der Waals surface area contributed by atoms with E-state index in [2.05, 4.69) is 44.2 Å². The molecule has 0 saturated heterocycles. The van der Waals surface area contributed by atoms with Crippen LogP contribution in [0.1, 0.15) is 25.0 Å². The molecule has 0 fully saturated rings. The lowest BCUT2D eigenvalue weighted by Crippen LogP contribution is -2.48. The lowest BCUT2D eigenvalue weighted by molar-refractivity contribution is 0.661. The van der Waals surface area contributed by atoms with E-state index >= 15 is 0 Å². The Balaban J connectivity index is 0.989. The summed E-state index contributed by atoms with van der Waals surface area (Å²) in [5, 5.41) is 5.84. The maximum Gasteiger partial charge on any atom is 0.113 e. The van der Waals surface area contributed by atoms with Gasteiger partial charge in [-0.25, -0.2) is 0 Å². The first-order chi connectivity index (χ1) is 33.5. The molecule has 0 heterocycles. The minimum Gasteiger partial charge on any atom is -0.109 e. The minimum absolute atomic E-state index is 0.121. The Bertz CT molecular complexity index is 4280. The summed E-state index contributed by atoms with van der Waals surface area (Å²) in [7, 11) is 121. The zero-order chi connectivity index (χ0) is 50.7. The summed E-state index contributed by atoms with van der Waals surface area (Å²) in [6.45, 7) is 4.38. The van der Waals surface area contributed by atoms with Crippen LogP contribution in [-0.2, 0) is 5.41 Å². The minimum atomic E-state index is -0.488. The number of benzene rings is 11. The molecule has 282 valence electrons. The van der Waals surface area contributed by atoms with Crippen LogP contribution in [0.3, 0.4) is 0 Å². The van der Waals surface area contributed by atoms with Crippen molar-refractivity contribution in [2.24, 2.45) is 0 Å². The number of rotatable bonds is 3. The van der Waals surface area contributed by atoms with Crippen LogP contribution < -0.4 is 98.3 Å². The quantitative estimate of drug-likeness (QED) is 0.123. The normalized spacial score (nSPS) is 13.2. The van der Waals surface area contributed by atoms with Gasteiger partial charge in [-0.1, -0.05) is 150 Å². The van der Waals surface area contributed by atoms with Gasteiger partial charge < -0.3 is 0 Å². The van der Waals surface area contributed by atoms with Crippen molar-refractivity contribution in [1.29, 1.82) is 0 Å². The summed E-state index contributed by atoms with van der Waals surface area (Å²) in [4.78, 5) is 0. The molecule has 71 heavy (non-hydrogen) atoms. The second-order valence-corrected chi connectivity index (χ2v) is 19.4. The highest BCUT2D eigenvalue weighted by molar-refractivity contribution is 6.77. The molecular formula is C53H16B18. The smallest absolute Gasteiger partial charge is 0.109 e. The van der Waals surface area contributed by atoms with E-state index in [0.29, 0.717) is 75.8 Å². The molecule has 0 aromatic heterocycles. The SMILES string of the molecule is [B]c1c([B])c2c([B])c([B])c3c([B])c([B])c(-c4ccc(-c5ccc6c(c5)C(C)(C)c5cc(-c7c([B])c([B])c8c([B])c([B])c9c([B])c([B])c([B])c%10c([B])c([B])c7c8c9%10)ccc5-6)cc4)c4c([B])c([B])c(c1[B])c2c34. The molecule has 0 atom stereocenters. The van der Waals surface area contributed by atoms with Crippen molar-refractivity contribution in [2.45, 2.75) is 19.3 Å². The first-order valence-electron chi connectivity index (χ1n) is 22.5. The van der Waals surface area contributed by atoms with Crippen molar-refractivity contribution in [3.05, 3.63) is 71.8 Å². The molecule has 1 aliphatic carbocycles. The monoisotopic (exact) mass is 850 g/mol. The van der Waals surface area contributed by atoms with E-state index in [-0.39, 0.29) is 98.3 Å². The molecule has 11 aromatic carbocycles. The van der Waals surface area contributed by atoms with Gasteiger partial charge in [0.2, 0.25) is 0 Å². The molecular weight excluding hydrogens is 831 g/mol. The maximum atomic E-state index is 7.02. The predicted octanol–water partition coefficient (Wildman–Crippen LogP) is -6.92. The molecule has 0 aliphatic heterocycles. The second kappa shape index (κ2) is 15.4. The maximum absolute atomic E-state index is 7.02. The summed E-state index contributed by atoms with van der Waals surface area (Å²) in [5.74, 6) is 0. The summed E-state index contributed by atoms with van der Waals surface area (Å²) >= 11 is 0. The average Bonchev–Trinajstić information content (AvgIpc) is 3.57.